The summed E-state index contributed by atoms with van der Waals surface area (Å²) >= 11 is 7.71. The molecule has 4 heteroatoms. The number of nitrogens with one attached hydrogen (secondary N) is 1. The molecule has 2 N–H and O–H groups in total. The molecule has 1 atom stereocenters. The van der Waals surface area contributed by atoms with Gasteiger partial charge in [0.1, 0.15) is 0 Å². The minimum absolute atomic E-state index is 0.289. The molecule has 1 unspecified atom stereocenters. The number of aliphatic hydroxyl groups excluding tert-OH is 1. The minimum atomic E-state index is -0.289. The molecule has 0 amide bonds. The average Bonchev–Trinajstić information content (AvgIpc) is 2.21. The van der Waals surface area contributed by atoms with Crippen LogP contribution in [0, 0.1) is 0 Å². The van der Waals surface area contributed by atoms with E-state index in [9.17, 15) is 5.11 Å². The van der Waals surface area contributed by atoms with Crippen LogP contribution in [0.25, 0.3) is 0 Å². The lowest BCUT2D eigenvalue weighted by Crippen LogP contribution is -2.25. The van der Waals surface area contributed by atoms with Crippen LogP contribution >= 0.6 is 23.4 Å². The van der Waals surface area contributed by atoms with E-state index in [4.69, 9.17) is 11.6 Å². The summed E-state index contributed by atoms with van der Waals surface area (Å²) < 4.78 is 0. The van der Waals surface area contributed by atoms with Crippen molar-refractivity contribution in [2.75, 3.05) is 19.3 Å². The van der Waals surface area contributed by atoms with Crippen molar-refractivity contribution < 1.29 is 5.11 Å². The first kappa shape index (κ1) is 12.8. The van der Waals surface area contributed by atoms with Crippen LogP contribution in [0.5, 0.6) is 0 Å². The van der Waals surface area contributed by atoms with E-state index in [-0.39, 0.29) is 6.10 Å². The SMILES string of the molecule is CNCC(O)CSCc1ccccc1Cl. The maximum atomic E-state index is 9.48. The predicted molar refractivity (Wildman–Crippen MR) is 67.5 cm³/mol. The number of thioether (sulfide) groups is 1. The molecule has 0 saturated carbocycles. The Hall–Kier alpha value is -0.220. The van der Waals surface area contributed by atoms with Crippen LogP contribution in [0.3, 0.4) is 0 Å². The van der Waals surface area contributed by atoms with E-state index in [0.29, 0.717) is 6.54 Å². The molecule has 0 heterocycles. The fourth-order valence-electron chi connectivity index (χ4n) is 1.21. The molecule has 1 rings (SSSR count). The van der Waals surface area contributed by atoms with Crippen molar-refractivity contribution in [3.8, 4) is 0 Å². The lowest BCUT2D eigenvalue weighted by molar-refractivity contribution is 0.199. The van der Waals surface area contributed by atoms with Gasteiger partial charge in [-0.2, -0.15) is 11.8 Å². The molecular formula is C11H16ClNOS. The van der Waals surface area contributed by atoms with Crippen molar-refractivity contribution in [2.24, 2.45) is 0 Å². The maximum Gasteiger partial charge on any atom is 0.0754 e. The molecule has 0 aromatic heterocycles. The van der Waals surface area contributed by atoms with E-state index in [0.717, 1.165) is 22.1 Å². The largest absolute Gasteiger partial charge is 0.391 e. The quantitative estimate of drug-likeness (QED) is 0.806. The van der Waals surface area contributed by atoms with Gasteiger partial charge in [0, 0.05) is 23.1 Å². The van der Waals surface area contributed by atoms with Crippen molar-refractivity contribution in [3.05, 3.63) is 34.9 Å². The number of likely N-dealkylation sites (N-methyl/N-ethyl adjacent to an activating group) is 1. The summed E-state index contributed by atoms with van der Waals surface area (Å²) in [6, 6.07) is 7.80. The molecule has 15 heavy (non-hydrogen) atoms. The zero-order valence-electron chi connectivity index (χ0n) is 8.74. The molecule has 0 fully saturated rings. The van der Waals surface area contributed by atoms with Crippen LogP contribution in [-0.4, -0.2) is 30.6 Å². The molecule has 0 aliphatic heterocycles. The molecule has 84 valence electrons. The number of benzene rings is 1. The van der Waals surface area contributed by atoms with Crippen LogP contribution in [0.1, 0.15) is 5.56 Å². The van der Waals surface area contributed by atoms with Crippen molar-refractivity contribution in [3.63, 3.8) is 0 Å². The van der Waals surface area contributed by atoms with Crippen LogP contribution in [0.15, 0.2) is 24.3 Å². The Bertz CT molecular complexity index is 296. The van der Waals surface area contributed by atoms with Gasteiger partial charge in [0.25, 0.3) is 0 Å². The molecule has 0 aliphatic carbocycles. The Labute approximate surface area is 100 Å². The molecule has 0 saturated heterocycles. The first-order chi connectivity index (χ1) is 7.24. The Balaban J connectivity index is 2.29. The van der Waals surface area contributed by atoms with E-state index in [2.05, 4.69) is 5.32 Å². The normalized spacial score (nSPS) is 12.7. The van der Waals surface area contributed by atoms with E-state index >= 15 is 0 Å². The van der Waals surface area contributed by atoms with Crippen LogP contribution in [0.4, 0.5) is 0 Å². The molecule has 0 spiro atoms. The lowest BCUT2D eigenvalue weighted by atomic mass is 10.2. The number of halogens is 1. The highest BCUT2D eigenvalue weighted by molar-refractivity contribution is 7.98. The van der Waals surface area contributed by atoms with Crippen LogP contribution in [-0.2, 0) is 5.75 Å². The predicted octanol–water partition coefficient (Wildman–Crippen LogP) is 2.15. The highest BCUT2D eigenvalue weighted by Crippen LogP contribution is 2.20. The summed E-state index contributed by atoms with van der Waals surface area (Å²) in [6.07, 6.45) is -0.289. The van der Waals surface area contributed by atoms with Gasteiger partial charge in [0.2, 0.25) is 0 Å². The van der Waals surface area contributed by atoms with Gasteiger partial charge in [-0.15, -0.1) is 0 Å². The molecule has 0 radical (unpaired) electrons. The maximum absolute atomic E-state index is 9.48. The third-order valence-corrected chi connectivity index (χ3v) is 3.47. The summed E-state index contributed by atoms with van der Waals surface area (Å²) in [5.41, 5.74) is 1.13. The monoisotopic (exact) mass is 245 g/mol. The number of rotatable bonds is 6. The standard InChI is InChI=1S/C11H16ClNOS/c1-13-6-10(14)8-15-7-9-4-2-3-5-11(9)12/h2-5,10,13-14H,6-8H2,1H3. The minimum Gasteiger partial charge on any atom is -0.391 e. The van der Waals surface area contributed by atoms with Gasteiger partial charge < -0.3 is 10.4 Å². The van der Waals surface area contributed by atoms with Gasteiger partial charge in [0.05, 0.1) is 6.10 Å². The van der Waals surface area contributed by atoms with E-state index in [1.165, 1.54) is 0 Å². The first-order valence-electron chi connectivity index (χ1n) is 4.88. The fourth-order valence-corrected chi connectivity index (χ4v) is 2.48. The van der Waals surface area contributed by atoms with Crippen LogP contribution in [0.2, 0.25) is 5.02 Å². The van der Waals surface area contributed by atoms with Gasteiger partial charge in [-0.25, -0.2) is 0 Å². The summed E-state index contributed by atoms with van der Waals surface area (Å²) in [4.78, 5) is 0. The smallest absolute Gasteiger partial charge is 0.0754 e. The molecular weight excluding hydrogens is 230 g/mol. The van der Waals surface area contributed by atoms with Crippen molar-refractivity contribution in [1.29, 1.82) is 0 Å². The van der Waals surface area contributed by atoms with E-state index < -0.39 is 0 Å². The second-order valence-electron chi connectivity index (χ2n) is 3.32. The van der Waals surface area contributed by atoms with Crippen molar-refractivity contribution in [2.45, 2.75) is 11.9 Å². The molecule has 1 aromatic rings. The van der Waals surface area contributed by atoms with E-state index in [1.807, 2.05) is 31.3 Å². The number of aliphatic hydroxyl groups is 1. The second kappa shape index (κ2) is 7.12. The molecule has 0 bridgehead atoms. The van der Waals surface area contributed by atoms with Crippen molar-refractivity contribution >= 4 is 23.4 Å². The highest BCUT2D eigenvalue weighted by atomic mass is 35.5. The fraction of sp³-hybridized carbons (Fsp3) is 0.455. The average molecular weight is 246 g/mol. The first-order valence-corrected chi connectivity index (χ1v) is 6.41. The summed E-state index contributed by atoms with van der Waals surface area (Å²) in [6.45, 7) is 0.634. The number of hydrogen-bond donors (Lipinski definition) is 2. The molecule has 1 aromatic carbocycles. The summed E-state index contributed by atoms with van der Waals surface area (Å²) in [7, 11) is 1.84. The van der Waals surface area contributed by atoms with Crippen molar-refractivity contribution in [1.82, 2.24) is 5.32 Å². The molecule has 0 aliphatic rings. The summed E-state index contributed by atoms with van der Waals surface area (Å²) in [5, 5.41) is 13.2. The van der Waals surface area contributed by atoms with E-state index in [1.54, 1.807) is 11.8 Å². The Kier molecular flexibility index (Phi) is 6.10. The van der Waals surface area contributed by atoms with Crippen LogP contribution < -0.4 is 5.32 Å². The Morgan fingerprint density at radius 3 is 2.87 bits per heavy atom. The number of hydrogen-bond acceptors (Lipinski definition) is 3. The molecule has 2 nitrogen and oxygen atoms in total. The lowest BCUT2D eigenvalue weighted by Gasteiger charge is -2.09. The van der Waals surface area contributed by atoms with Gasteiger partial charge in [-0.1, -0.05) is 29.8 Å². The Morgan fingerprint density at radius 2 is 2.20 bits per heavy atom. The summed E-state index contributed by atoms with van der Waals surface area (Å²) in [5.74, 6) is 1.58. The van der Waals surface area contributed by atoms with Gasteiger partial charge in [-0.05, 0) is 18.7 Å². The van der Waals surface area contributed by atoms with Gasteiger partial charge >= 0.3 is 0 Å². The zero-order chi connectivity index (χ0) is 11.1. The zero-order valence-corrected chi connectivity index (χ0v) is 10.3. The third kappa shape index (κ3) is 4.89. The van der Waals surface area contributed by atoms with Gasteiger partial charge in [0.15, 0.2) is 0 Å². The Morgan fingerprint density at radius 1 is 1.47 bits per heavy atom. The third-order valence-electron chi connectivity index (χ3n) is 1.97. The highest BCUT2D eigenvalue weighted by Gasteiger charge is 2.04. The van der Waals surface area contributed by atoms with Gasteiger partial charge in [-0.3, -0.25) is 0 Å². The second-order valence-corrected chi connectivity index (χ2v) is 4.76. The topological polar surface area (TPSA) is 32.3 Å².